The maximum atomic E-state index is 11.9. The molecule has 0 aliphatic heterocycles. The predicted octanol–water partition coefficient (Wildman–Crippen LogP) is 3.04. The minimum Gasteiger partial charge on any atom is -0.482 e. The Morgan fingerprint density at radius 1 is 0.929 bits per heavy atom. The van der Waals surface area contributed by atoms with Gasteiger partial charge in [-0.2, -0.15) is 0 Å². The van der Waals surface area contributed by atoms with Gasteiger partial charge in [0.05, 0.1) is 12.2 Å². The van der Waals surface area contributed by atoms with Crippen LogP contribution < -0.4 is 10.1 Å². The molecule has 1 N–H and O–H groups in total. The average molecular weight is 385 g/mol. The fraction of sp³-hybridized carbons (Fsp3) is 0.286. The van der Waals surface area contributed by atoms with E-state index in [-0.39, 0.29) is 13.2 Å². The summed E-state index contributed by atoms with van der Waals surface area (Å²) >= 11 is 0. The van der Waals surface area contributed by atoms with Gasteiger partial charge in [-0.25, -0.2) is 9.59 Å². The standard InChI is InChI=1S/C21H23NO6/c1-4-26-21(25)16-8-10-17(11-9-16)22-19(23)12-28-20(24)13-27-18-7-5-6-14(2)15(18)3/h5-11H,4,12-13H2,1-3H3,(H,22,23). The quantitative estimate of drug-likeness (QED) is 0.703. The van der Waals surface area contributed by atoms with Crippen LogP contribution >= 0.6 is 0 Å². The highest BCUT2D eigenvalue weighted by atomic mass is 16.6. The molecule has 0 fully saturated rings. The molecule has 2 aromatic carbocycles. The SMILES string of the molecule is CCOC(=O)c1ccc(NC(=O)COC(=O)COc2cccc(C)c2C)cc1. The molecule has 0 saturated heterocycles. The van der Waals surface area contributed by atoms with Gasteiger partial charge in [-0.3, -0.25) is 4.79 Å². The summed E-state index contributed by atoms with van der Waals surface area (Å²) in [5.74, 6) is -0.973. The van der Waals surface area contributed by atoms with Crippen molar-refractivity contribution >= 4 is 23.5 Å². The summed E-state index contributed by atoms with van der Waals surface area (Å²) in [6.07, 6.45) is 0. The number of ether oxygens (including phenoxy) is 3. The van der Waals surface area contributed by atoms with Gasteiger partial charge in [0.15, 0.2) is 13.2 Å². The fourth-order valence-electron chi connectivity index (χ4n) is 2.31. The van der Waals surface area contributed by atoms with Gasteiger partial charge in [0.1, 0.15) is 5.75 Å². The Bertz CT molecular complexity index is 844. The first kappa shape index (κ1) is 21.0. The molecule has 0 aliphatic rings. The van der Waals surface area contributed by atoms with Gasteiger partial charge in [0, 0.05) is 5.69 Å². The first-order valence-corrected chi connectivity index (χ1v) is 8.82. The number of anilines is 1. The molecule has 7 heteroatoms. The first-order valence-electron chi connectivity index (χ1n) is 8.82. The number of rotatable bonds is 8. The summed E-state index contributed by atoms with van der Waals surface area (Å²) in [4.78, 5) is 35.2. The lowest BCUT2D eigenvalue weighted by molar-refractivity contribution is -0.149. The number of amides is 1. The lowest BCUT2D eigenvalue weighted by Crippen LogP contribution is -2.23. The second kappa shape index (κ2) is 10.1. The van der Waals surface area contributed by atoms with Crippen molar-refractivity contribution in [2.75, 3.05) is 25.1 Å². The summed E-state index contributed by atoms with van der Waals surface area (Å²) in [5.41, 5.74) is 2.86. The zero-order valence-electron chi connectivity index (χ0n) is 16.1. The second-order valence-corrected chi connectivity index (χ2v) is 5.99. The molecule has 7 nitrogen and oxygen atoms in total. The third kappa shape index (κ3) is 6.12. The Kier molecular flexibility index (Phi) is 7.56. The molecule has 0 heterocycles. The van der Waals surface area contributed by atoms with Gasteiger partial charge in [-0.1, -0.05) is 12.1 Å². The van der Waals surface area contributed by atoms with E-state index in [0.717, 1.165) is 11.1 Å². The van der Waals surface area contributed by atoms with Crippen molar-refractivity contribution in [1.82, 2.24) is 0 Å². The summed E-state index contributed by atoms with van der Waals surface area (Å²) in [7, 11) is 0. The van der Waals surface area contributed by atoms with E-state index in [2.05, 4.69) is 5.32 Å². The third-order valence-corrected chi connectivity index (χ3v) is 3.94. The Balaban J connectivity index is 1.76. The molecule has 0 aliphatic carbocycles. The lowest BCUT2D eigenvalue weighted by Gasteiger charge is -2.11. The van der Waals surface area contributed by atoms with Crippen molar-refractivity contribution in [2.24, 2.45) is 0 Å². The largest absolute Gasteiger partial charge is 0.482 e. The Morgan fingerprint density at radius 2 is 1.64 bits per heavy atom. The normalized spacial score (nSPS) is 10.1. The van der Waals surface area contributed by atoms with E-state index in [1.165, 1.54) is 12.1 Å². The number of benzene rings is 2. The molecule has 148 valence electrons. The van der Waals surface area contributed by atoms with Crippen LogP contribution in [0.25, 0.3) is 0 Å². The van der Waals surface area contributed by atoms with Gasteiger partial charge in [0.25, 0.3) is 5.91 Å². The highest BCUT2D eigenvalue weighted by molar-refractivity contribution is 5.94. The topological polar surface area (TPSA) is 90.9 Å². The first-order chi connectivity index (χ1) is 13.4. The van der Waals surface area contributed by atoms with Gasteiger partial charge >= 0.3 is 11.9 Å². The number of nitrogens with one attached hydrogen (secondary N) is 1. The average Bonchev–Trinajstić information content (AvgIpc) is 2.68. The number of esters is 2. The van der Waals surface area contributed by atoms with Crippen LogP contribution in [0.2, 0.25) is 0 Å². The van der Waals surface area contributed by atoms with Crippen molar-refractivity contribution < 1.29 is 28.6 Å². The lowest BCUT2D eigenvalue weighted by atomic mass is 10.1. The van der Waals surface area contributed by atoms with Gasteiger partial charge in [-0.15, -0.1) is 0 Å². The van der Waals surface area contributed by atoms with E-state index >= 15 is 0 Å². The monoisotopic (exact) mass is 385 g/mol. The molecule has 0 unspecified atom stereocenters. The Labute approximate surface area is 163 Å². The molecule has 0 bridgehead atoms. The number of carbonyl (C=O) groups is 3. The third-order valence-electron chi connectivity index (χ3n) is 3.94. The maximum Gasteiger partial charge on any atom is 0.344 e. The van der Waals surface area contributed by atoms with Crippen molar-refractivity contribution in [3.63, 3.8) is 0 Å². The van der Waals surface area contributed by atoms with Crippen molar-refractivity contribution in [3.05, 3.63) is 59.2 Å². The molecule has 2 aromatic rings. The highest BCUT2D eigenvalue weighted by Crippen LogP contribution is 2.20. The van der Waals surface area contributed by atoms with Crippen LogP contribution in [0.1, 0.15) is 28.4 Å². The van der Waals surface area contributed by atoms with Crippen LogP contribution in [0.15, 0.2) is 42.5 Å². The van der Waals surface area contributed by atoms with E-state index in [0.29, 0.717) is 17.0 Å². The van der Waals surface area contributed by atoms with Crippen LogP contribution in [0.5, 0.6) is 5.75 Å². The fourth-order valence-corrected chi connectivity index (χ4v) is 2.31. The van der Waals surface area contributed by atoms with Crippen molar-refractivity contribution in [2.45, 2.75) is 20.8 Å². The molecule has 0 saturated carbocycles. The predicted molar refractivity (Wildman–Crippen MR) is 103 cm³/mol. The number of aryl methyl sites for hydroxylation is 1. The van der Waals surface area contributed by atoms with Gasteiger partial charge in [-0.05, 0) is 62.2 Å². The molecule has 28 heavy (non-hydrogen) atoms. The van der Waals surface area contributed by atoms with E-state index in [1.807, 2.05) is 26.0 Å². The van der Waals surface area contributed by atoms with E-state index in [1.54, 1.807) is 25.1 Å². The molecule has 0 atom stereocenters. The minimum absolute atomic E-state index is 0.286. The molecule has 0 spiro atoms. The Morgan fingerprint density at radius 3 is 2.32 bits per heavy atom. The zero-order chi connectivity index (χ0) is 20.5. The minimum atomic E-state index is -0.645. The number of carbonyl (C=O) groups excluding carboxylic acids is 3. The second-order valence-electron chi connectivity index (χ2n) is 5.99. The van der Waals surface area contributed by atoms with Gasteiger partial charge in [0.2, 0.25) is 0 Å². The van der Waals surface area contributed by atoms with Crippen LogP contribution in [0, 0.1) is 13.8 Å². The summed E-state index contributed by atoms with van der Waals surface area (Å²) in [5, 5.41) is 2.58. The van der Waals surface area contributed by atoms with E-state index in [4.69, 9.17) is 14.2 Å². The summed E-state index contributed by atoms with van der Waals surface area (Å²) in [6.45, 7) is 5.14. The smallest absolute Gasteiger partial charge is 0.344 e. The summed E-state index contributed by atoms with van der Waals surface area (Å²) < 4.78 is 15.2. The molecule has 2 rings (SSSR count). The van der Waals surface area contributed by atoms with E-state index < -0.39 is 24.5 Å². The maximum absolute atomic E-state index is 11.9. The Hall–Kier alpha value is -3.35. The van der Waals surface area contributed by atoms with Crippen LogP contribution in [-0.4, -0.2) is 37.7 Å². The molecular weight excluding hydrogens is 362 g/mol. The molecule has 0 radical (unpaired) electrons. The molecule has 1 amide bonds. The van der Waals surface area contributed by atoms with Crippen LogP contribution in [0.4, 0.5) is 5.69 Å². The van der Waals surface area contributed by atoms with Crippen LogP contribution in [-0.2, 0) is 19.1 Å². The highest BCUT2D eigenvalue weighted by Gasteiger charge is 2.11. The molecule has 0 aromatic heterocycles. The van der Waals surface area contributed by atoms with Crippen molar-refractivity contribution in [1.29, 1.82) is 0 Å². The summed E-state index contributed by atoms with van der Waals surface area (Å²) in [6, 6.07) is 11.8. The number of hydrogen-bond acceptors (Lipinski definition) is 6. The van der Waals surface area contributed by atoms with E-state index in [9.17, 15) is 14.4 Å². The zero-order valence-corrected chi connectivity index (χ0v) is 16.1. The number of hydrogen-bond donors (Lipinski definition) is 1. The van der Waals surface area contributed by atoms with Crippen molar-refractivity contribution in [3.8, 4) is 5.75 Å². The van der Waals surface area contributed by atoms with Gasteiger partial charge < -0.3 is 19.5 Å². The van der Waals surface area contributed by atoms with Crippen LogP contribution in [0.3, 0.4) is 0 Å². The molecular formula is C21H23NO6.